The molecule has 0 aliphatic rings. The highest BCUT2D eigenvalue weighted by molar-refractivity contribution is 6.48. The largest absolute Gasteiger partial charge is 0.399 e. The third-order valence-corrected chi connectivity index (χ3v) is 6.50. The van der Waals surface area contributed by atoms with Gasteiger partial charge in [-0.3, -0.25) is 4.79 Å². The van der Waals surface area contributed by atoms with E-state index >= 15 is 0 Å². The van der Waals surface area contributed by atoms with Crippen LogP contribution in [0.2, 0.25) is 15.1 Å². The lowest BCUT2D eigenvalue weighted by atomic mass is 9.93. The molecule has 0 saturated heterocycles. The first-order valence-corrected chi connectivity index (χ1v) is 11.4. The van der Waals surface area contributed by atoms with Gasteiger partial charge in [-0.2, -0.15) is 26.3 Å². The lowest BCUT2D eigenvalue weighted by Gasteiger charge is -2.18. The summed E-state index contributed by atoms with van der Waals surface area (Å²) in [6, 6.07) is 12.2. The molecule has 1 unspecified atom stereocenters. The summed E-state index contributed by atoms with van der Waals surface area (Å²) >= 11 is 17.7. The number of Topliss-reactive ketones (excluding diaryl/α,β-unsaturated/α-hetero) is 1. The Hall–Kier alpha value is -2.22. The average molecular weight is 554 g/mol. The van der Waals surface area contributed by atoms with E-state index in [0.717, 1.165) is 18.2 Å². The van der Waals surface area contributed by atoms with Crippen LogP contribution in [0.25, 0.3) is 16.8 Å². The lowest BCUT2D eigenvalue weighted by molar-refractivity contribution is -0.152. The molecule has 3 aromatic rings. The van der Waals surface area contributed by atoms with Crippen molar-refractivity contribution in [1.29, 1.82) is 0 Å². The van der Waals surface area contributed by atoms with Crippen LogP contribution >= 0.6 is 34.8 Å². The summed E-state index contributed by atoms with van der Waals surface area (Å²) in [5.41, 5.74) is 0.903. The molecule has 0 amide bonds. The van der Waals surface area contributed by atoms with Crippen molar-refractivity contribution in [3.63, 3.8) is 0 Å². The summed E-state index contributed by atoms with van der Waals surface area (Å²) in [4.78, 5) is 11.6. The number of alkyl halides is 6. The molecule has 0 aliphatic carbocycles. The number of allylic oxidation sites excluding steroid dienone is 1. The van der Waals surface area contributed by atoms with Crippen LogP contribution in [-0.4, -0.2) is 18.1 Å². The fourth-order valence-corrected chi connectivity index (χ4v) is 4.31. The van der Waals surface area contributed by atoms with Gasteiger partial charge < -0.3 is 0 Å². The molecule has 0 heterocycles. The van der Waals surface area contributed by atoms with Crippen LogP contribution in [-0.2, 0) is 11.2 Å². The van der Waals surface area contributed by atoms with Gasteiger partial charge in [0, 0.05) is 6.42 Å². The SMILES string of the molecule is O=C(CCc1ccc(/C=C/C(c2cc(Cl)c(Cl)c(Cl)c2)C(F)(F)F)c2ccccc12)CC(F)(F)F. The van der Waals surface area contributed by atoms with Crippen molar-refractivity contribution in [3.05, 3.63) is 86.4 Å². The minimum Gasteiger partial charge on any atom is -0.299 e. The molecule has 0 radical (unpaired) electrons. The predicted octanol–water partition coefficient (Wildman–Crippen LogP) is 9.61. The van der Waals surface area contributed by atoms with Crippen LogP contribution in [0.15, 0.2) is 54.6 Å². The van der Waals surface area contributed by atoms with Crippen LogP contribution in [0.5, 0.6) is 0 Å². The molecular formula is C25H17Cl3F6O. The maximum atomic E-state index is 13.9. The molecule has 186 valence electrons. The third-order valence-electron chi connectivity index (χ3n) is 5.31. The number of fused-ring (bicyclic) bond motifs is 1. The van der Waals surface area contributed by atoms with E-state index in [0.29, 0.717) is 21.9 Å². The number of hydrogen-bond acceptors (Lipinski definition) is 1. The van der Waals surface area contributed by atoms with Crippen molar-refractivity contribution in [1.82, 2.24) is 0 Å². The Morgan fingerprint density at radius 1 is 0.886 bits per heavy atom. The van der Waals surface area contributed by atoms with Crippen LogP contribution in [0.1, 0.15) is 35.4 Å². The maximum Gasteiger partial charge on any atom is 0.399 e. The van der Waals surface area contributed by atoms with E-state index in [1.165, 1.54) is 6.08 Å². The Morgan fingerprint density at radius 3 is 2.06 bits per heavy atom. The Morgan fingerprint density at radius 2 is 1.49 bits per heavy atom. The summed E-state index contributed by atoms with van der Waals surface area (Å²) in [6.45, 7) is 0. The molecular weight excluding hydrogens is 537 g/mol. The van der Waals surface area contributed by atoms with E-state index in [1.54, 1.807) is 36.4 Å². The summed E-state index contributed by atoms with van der Waals surface area (Å²) in [5, 5.41) is 0.976. The number of benzene rings is 3. The molecule has 1 atom stereocenters. The Balaban J connectivity index is 1.94. The van der Waals surface area contributed by atoms with Gasteiger partial charge in [0.1, 0.15) is 12.2 Å². The number of ketones is 1. The van der Waals surface area contributed by atoms with E-state index < -0.39 is 30.5 Å². The van der Waals surface area contributed by atoms with Crippen LogP contribution in [0.3, 0.4) is 0 Å². The topological polar surface area (TPSA) is 17.1 Å². The van der Waals surface area contributed by atoms with E-state index in [4.69, 9.17) is 34.8 Å². The maximum absolute atomic E-state index is 13.9. The summed E-state index contributed by atoms with van der Waals surface area (Å²) in [7, 11) is 0. The molecule has 3 aromatic carbocycles. The Bertz CT molecular complexity index is 1240. The standard InChI is InChI=1S/C25H17Cl3F6O/c26-21-11-16(12-22(27)23(21)28)20(25(32,33)34)10-8-15-6-5-14(18-3-1-2-4-19(15)18)7-9-17(35)13-24(29,30)31/h1-6,8,10-12,20H,7,9,13H2/b10-8+. The predicted molar refractivity (Wildman–Crippen MR) is 127 cm³/mol. The number of hydrogen-bond donors (Lipinski definition) is 0. The van der Waals surface area contributed by atoms with Crippen LogP contribution in [0, 0.1) is 0 Å². The summed E-state index contributed by atoms with van der Waals surface area (Å²) in [6.07, 6.45) is -8.64. The fourth-order valence-electron chi connectivity index (χ4n) is 3.70. The van der Waals surface area contributed by atoms with Crippen molar-refractivity contribution in [2.75, 3.05) is 0 Å². The fraction of sp³-hybridized carbons (Fsp3) is 0.240. The number of aryl methyl sites for hydroxylation is 1. The highest BCUT2D eigenvalue weighted by Gasteiger charge is 2.39. The van der Waals surface area contributed by atoms with Gasteiger partial charge in [-0.1, -0.05) is 83.4 Å². The molecule has 10 heteroatoms. The smallest absolute Gasteiger partial charge is 0.299 e. The second-order valence-electron chi connectivity index (χ2n) is 7.87. The molecule has 0 fully saturated rings. The van der Waals surface area contributed by atoms with E-state index in [9.17, 15) is 31.1 Å². The molecule has 0 saturated carbocycles. The molecule has 0 N–H and O–H groups in total. The number of halogens is 9. The zero-order valence-electron chi connectivity index (χ0n) is 17.8. The molecule has 0 bridgehead atoms. The first kappa shape index (κ1) is 27.4. The van der Waals surface area contributed by atoms with Crippen molar-refractivity contribution < 1.29 is 31.1 Å². The number of carbonyl (C=O) groups is 1. The van der Waals surface area contributed by atoms with Gasteiger partial charge in [0.05, 0.1) is 21.0 Å². The highest BCUT2D eigenvalue weighted by Crippen LogP contribution is 2.41. The van der Waals surface area contributed by atoms with E-state index in [2.05, 4.69) is 0 Å². The van der Waals surface area contributed by atoms with Gasteiger partial charge in [0.25, 0.3) is 0 Å². The summed E-state index contributed by atoms with van der Waals surface area (Å²) < 4.78 is 78.9. The average Bonchev–Trinajstić information content (AvgIpc) is 2.74. The number of carbonyl (C=O) groups excluding carboxylic acids is 1. The van der Waals surface area contributed by atoms with Gasteiger partial charge in [-0.25, -0.2) is 0 Å². The third kappa shape index (κ3) is 7.15. The van der Waals surface area contributed by atoms with Crippen molar-refractivity contribution in [2.24, 2.45) is 0 Å². The van der Waals surface area contributed by atoms with Gasteiger partial charge in [0.2, 0.25) is 0 Å². The second kappa shape index (κ2) is 10.8. The first-order chi connectivity index (χ1) is 16.3. The molecule has 1 nitrogen and oxygen atoms in total. The van der Waals surface area contributed by atoms with Crippen LogP contribution in [0.4, 0.5) is 26.3 Å². The van der Waals surface area contributed by atoms with Crippen molar-refractivity contribution in [2.45, 2.75) is 37.5 Å². The van der Waals surface area contributed by atoms with E-state index in [1.807, 2.05) is 0 Å². The highest BCUT2D eigenvalue weighted by atomic mass is 35.5. The second-order valence-corrected chi connectivity index (χ2v) is 9.06. The molecule has 3 rings (SSSR count). The Labute approximate surface area is 212 Å². The Kier molecular flexibility index (Phi) is 8.45. The summed E-state index contributed by atoms with van der Waals surface area (Å²) in [5.74, 6) is -2.95. The molecule has 0 aromatic heterocycles. The van der Waals surface area contributed by atoms with Gasteiger partial charge in [0.15, 0.2) is 0 Å². The van der Waals surface area contributed by atoms with Gasteiger partial charge in [-0.15, -0.1) is 0 Å². The zero-order valence-corrected chi connectivity index (χ0v) is 20.0. The van der Waals surface area contributed by atoms with Gasteiger partial charge in [-0.05, 0) is 46.0 Å². The molecule has 0 aliphatic heterocycles. The van der Waals surface area contributed by atoms with E-state index in [-0.39, 0.29) is 33.5 Å². The zero-order chi connectivity index (χ0) is 26.0. The minimum atomic E-state index is -4.65. The minimum absolute atomic E-state index is 0.0442. The van der Waals surface area contributed by atoms with Crippen molar-refractivity contribution >= 4 is 57.4 Å². The van der Waals surface area contributed by atoms with Crippen molar-refractivity contribution in [3.8, 4) is 0 Å². The molecule has 0 spiro atoms. The monoisotopic (exact) mass is 552 g/mol. The number of rotatable bonds is 7. The lowest BCUT2D eigenvalue weighted by Crippen LogP contribution is -2.19. The normalized spacial score (nSPS) is 13.5. The first-order valence-electron chi connectivity index (χ1n) is 10.2. The quantitative estimate of drug-likeness (QED) is 0.210. The molecule has 35 heavy (non-hydrogen) atoms. The van der Waals surface area contributed by atoms with Crippen LogP contribution < -0.4 is 0 Å². The van der Waals surface area contributed by atoms with Gasteiger partial charge >= 0.3 is 12.4 Å².